The Bertz CT molecular complexity index is 476. The number of nitrogens with one attached hydrogen (secondary N) is 1. The zero-order chi connectivity index (χ0) is 14.1. The summed E-state index contributed by atoms with van der Waals surface area (Å²) >= 11 is 0. The van der Waals surface area contributed by atoms with Gasteiger partial charge in [0.25, 0.3) is 0 Å². The van der Waals surface area contributed by atoms with Crippen molar-refractivity contribution in [1.29, 1.82) is 0 Å². The fourth-order valence-corrected chi connectivity index (χ4v) is 2.44. The molecule has 5 heteroatoms. The quantitative estimate of drug-likeness (QED) is 0.857. The number of hydrogen-bond donors (Lipinski definition) is 1. The van der Waals surface area contributed by atoms with Crippen LogP contribution in [0.25, 0.3) is 0 Å². The smallest absolute Gasteiger partial charge is 0.326 e. The largest absolute Gasteiger partial charge is 0.416 e. The third-order valence-electron chi connectivity index (χ3n) is 3.70. The van der Waals surface area contributed by atoms with Crippen LogP contribution in [0.5, 0.6) is 0 Å². The van der Waals surface area contributed by atoms with Crippen molar-refractivity contribution >= 4 is 11.6 Å². The van der Waals surface area contributed by atoms with Gasteiger partial charge in [-0.15, -0.1) is 0 Å². The van der Waals surface area contributed by atoms with Crippen LogP contribution < -0.4 is 5.32 Å². The number of carbonyl (C=O) groups excluding carboxylic acids is 1. The minimum Gasteiger partial charge on any atom is -0.326 e. The molecule has 1 aliphatic carbocycles. The summed E-state index contributed by atoms with van der Waals surface area (Å²) in [7, 11) is 0. The molecule has 0 heterocycles. The zero-order valence-corrected chi connectivity index (χ0v) is 10.7. The van der Waals surface area contributed by atoms with E-state index in [0.29, 0.717) is 0 Å². The number of benzene rings is 1. The van der Waals surface area contributed by atoms with Gasteiger partial charge >= 0.3 is 6.18 Å². The van der Waals surface area contributed by atoms with Crippen LogP contribution in [0.4, 0.5) is 18.9 Å². The van der Waals surface area contributed by atoms with E-state index in [4.69, 9.17) is 0 Å². The molecule has 104 valence electrons. The van der Waals surface area contributed by atoms with Gasteiger partial charge in [0.05, 0.1) is 5.56 Å². The van der Waals surface area contributed by atoms with Crippen LogP contribution >= 0.6 is 0 Å². The minimum absolute atomic E-state index is 0.190. The topological polar surface area (TPSA) is 29.1 Å². The van der Waals surface area contributed by atoms with E-state index in [2.05, 4.69) is 5.32 Å². The Morgan fingerprint density at radius 2 is 1.89 bits per heavy atom. The average molecular weight is 271 g/mol. The van der Waals surface area contributed by atoms with Crippen LogP contribution in [0.1, 0.15) is 38.2 Å². The van der Waals surface area contributed by atoms with E-state index in [1.54, 1.807) is 0 Å². The first-order valence-electron chi connectivity index (χ1n) is 6.30. The highest BCUT2D eigenvalue weighted by Gasteiger charge is 2.36. The van der Waals surface area contributed by atoms with Crippen LogP contribution in [0, 0.1) is 5.41 Å². The van der Waals surface area contributed by atoms with Crippen molar-refractivity contribution in [2.75, 3.05) is 5.32 Å². The molecule has 0 bridgehead atoms. The third kappa shape index (κ3) is 3.08. The van der Waals surface area contributed by atoms with Crippen LogP contribution in [0.2, 0.25) is 0 Å². The number of hydrogen-bond acceptors (Lipinski definition) is 1. The van der Waals surface area contributed by atoms with Crippen molar-refractivity contribution in [3.63, 3.8) is 0 Å². The Hall–Kier alpha value is -1.52. The van der Waals surface area contributed by atoms with Crippen molar-refractivity contribution in [3.8, 4) is 0 Å². The van der Waals surface area contributed by atoms with E-state index in [1.807, 2.05) is 6.92 Å². The van der Waals surface area contributed by atoms with E-state index in [9.17, 15) is 18.0 Å². The monoisotopic (exact) mass is 271 g/mol. The van der Waals surface area contributed by atoms with Gasteiger partial charge in [0.1, 0.15) is 0 Å². The van der Waals surface area contributed by atoms with Gasteiger partial charge in [-0.1, -0.05) is 25.8 Å². The second kappa shape index (κ2) is 4.87. The van der Waals surface area contributed by atoms with Gasteiger partial charge in [-0.3, -0.25) is 4.79 Å². The molecular weight excluding hydrogens is 255 g/mol. The molecule has 0 aromatic heterocycles. The van der Waals surface area contributed by atoms with Gasteiger partial charge in [0.15, 0.2) is 0 Å². The number of amides is 1. The van der Waals surface area contributed by atoms with Crippen molar-refractivity contribution in [3.05, 3.63) is 29.8 Å². The average Bonchev–Trinajstić information content (AvgIpc) is 2.77. The molecule has 0 unspecified atom stereocenters. The molecule has 19 heavy (non-hydrogen) atoms. The predicted molar refractivity (Wildman–Crippen MR) is 66.6 cm³/mol. The highest BCUT2D eigenvalue weighted by molar-refractivity contribution is 5.95. The Kier molecular flexibility index (Phi) is 3.56. The van der Waals surface area contributed by atoms with Crippen LogP contribution in [-0.4, -0.2) is 5.91 Å². The van der Waals surface area contributed by atoms with E-state index in [0.717, 1.165) is 37.8 Å². The van der Waals surface area contributed by atoms with Gasteiger partial charge in [0.2, 0.25) is 5.91 Å². The number of anilines is 1. The van der Waals surface area contributed by atoms with Gasteiger partial charge in [-0.2, -0.15) is 13.2 Å². The van der Waals surface area contributed by atoms with Crippen LogP contribution in [0.15, 0.2) is 24.3 Å². The van der Waals surface area contributed by atoms with E-state index >= 15 is 0 Å². The van der Waals surface area contributed by atoms with E-state index < -0.39 is 17.2 Å². The number of halogens is 3. The summed E-state index contributed by atoms with van der Waals surface area (Å²) in [5.41, 5.74) is -0.997. The normalized spacial score (nSPS) is 18.3. The summed E-state index contributed by atoms with van der Waals surface area (Å²) in [5, 5.41) is 2.60. The van der Waals surface area contributed by atoms with Gasteiger partial charge < -0.3 is 5.32 Å². The maximum Gasteiger partial charge on any atom is 0.416 e. The summed E-state index contributed by atoms with van der Waals surface area (Å²) in [4.78, 5) is 12.1. The Morgan fingerprint density at radius 1 is 1.26 bits per heavy atom. The van der Waals surface area contributed by atoms with Gasteiger partial charge in [-0.05, 0) is 31.0 Å². The zero-order valence-electron chi connectivity index (χ0n) is 10.7. The highest BCUT2D eigenvalue weighted by atomic mass is 19.4. The lowest BCUT2D eigenvalue weighted by Crippen LogP contribution is -2.30. The standard InChI is InChI=1S/C14H16F3NO/c1-13(7-2-3-8-13)12(19)18-11-6-4-5-10(9-11)14(15,16)17/h4-6,9H,2-3,7-8H2,1H3,(H,18,19). The fraction of sp³-hybridized carbons (Fsp3) is 0.500. The first-order valence-corrected chi connectivity index (χ1v) is 6.30. The molecule has 1 fully saturated rings. The molecule has 0 spiro atoms. The molecule has 2 nitrogen and oxygen atoms in total. The summed E-state index contributed by atoms with van der Waals surface area (Å²) in [6.45, 7) is 1.86. The molecule has 0 aliphatic heterocycles. The molecule has 0 saturated heterocycles. The molecule has 1 aromatic carbocycles. The van der Waals surface area contributed by atoms with Crippen LogP contribution in [0.3, 0.4) is 0 Å². The molecule has 1 saturated carbocycles. The van der Waals surface area contributed by atoms with E-state index in [1.165, 1.54) is 12.1 Å². The third-order valence-corrected chi connectivity index (χ3v) is 3.70. The number of alkyl halides is 3. The molecule has 1 aromatic rings. The summed E-state index contributed by atoms with van der Waals surface area (Å²) in [6.07, 6.45) is -0.827. The molecular formula is C14H16F3NO. The number of rotatable bonds is 2. The van der Waals surface area contributed by atoms with Crippen molar-refractivity contribution in [2.45, 2.75) is 38.8 Å². The maximum atomic E-state index is 12.6. The SMILES string of the molecule is CC1(C(=O)Nc2cccc(C(F)(F)F)c2)CCCC1. The van der Waals surface area contributed by atoms with Crippen molar-refractivity contribution in [1.82, 2.24) is 0 Å². The van der Waals surface area contributed by atoms with Gasteiger partial charge in [0, 0.05) is 11.1 Å². The lowest BCUT2D eigenvalue weighted by molar-refractivity contribution is -0.137. The lowest BCUT2D eigenvalue weighted by Gasteiger charge is -2.22. The second-order valence-corrected chi connectivity index (χ2v) is 5.30. The summed E-state index contributed by atoms with van der Waals surface area (Å²) < 4.78 is 37.7. The molecule has 0 radical (unpaired) electrons. The molecule has 1 aliphatic rings. The Morgan fingerprint density at radius 3 is 2.47 bits per heavy atom. The Balaban J connectivity index is 2.13. The highest BCUT2D eigenvalue weighted by Crippen LogP contribution is 2.38. The minimum atomic E-state index is -4.39. The second-order valence-electron chi connectivity index (χ2n) is 5.30. The first kappa shape index (κ1) is 13.9. The molecule has 0 atom stereocenters. The molecule has 2 rings (SSSR count). The van der Waals surface area contributed by atoms with Crippen molar-refractivity contribution in [2.24, 2.45) is 5.41 Å². The fourth-order valence-electron chi connectivity index (χ4n) is 2.44. The predicted octanol–water partition coefficient (Wildman–Crippen LogP) is 4.22. The summed E-state index contributed by atoms with van der Waals surface area (Å²) in [6, 6.07) is 4.74. The Labute approximate surface area is 110 Å². The summed E-state index contributed by atoms with van der Waals surface area (Å²) in [5.74, 6) is -0.190. The first-order chi connectivity index (χ1) is 8.81. The van der Waals surface area contributed by atoms with Gasteiger partial charge in [-0.25, -0.2) is 0 Å². The molecule has 1 N–H and O–H groups in total. The van der Waals surface area contributed by atoms with E-state index in [-0.39, 0.29) is 11.6 Å². The number of carbonyl (C=O) groups is 1. The lowest BCUT2D eigenvalue weighted by atomic mass is 9.88. The van der Waals surface area contributed by atoms with Crippen molar-refractivity contribution < 1.29 is 18.0 Å². The van der Waals surface area contributed by atoms with Crippen LogP contribution in [-0.2, 0) is 11.0 Å². The molecule has 1 amide bonds. The maximum absolute atomic E-state index is 12.6.